The SMILES string of the molecule is N#Cc1c(-c2cccc(Cl)c2Cl)cc(-c2ccc(Nc3nc(Nc4ccc(F)cc4F)nc(Nc4ccc(F)cc4F)n3)cc2)nc1N. The summed E-state index contributed by atoms with van der Waals surface area (Å²) < 4.78 is 55.7. The number of hydrogen-bond donors (Lipinski definition) is 4. The van der Waals surface area contributed by atoms with Crippen LogP contribution in [0.15, 0.2) is 84.9 Å². The molecule has 15 heteroatoms. The van der Waals surface area contributed by atoms with E-state index in [2.05, 4.69) is 42.0 Å². The Morgan fingerprint density at radius 1 is 0.646 bits per heavy atom. The lowest BCUT2D eigenvalue weighted by Crippen LogP contribution is -2.08. The summed E-state index contributed by atoms with van der Waals surface area (Å²) >= 11 is 12.7. The lowest BCUT2D eigenvalue weighted by Gasteiger charge is -2.13. The van der Waals surface area contributed by atoms with Crippen LogP contribution in [0.1, 0.15) is 5.56 Å². The van der Waals surface area contributed by atoms with E-state index in [0.717, 1.165) is 24.3 Å². The molecular formula is C33H19Cl2F4N9. The number of nitrogens with two attached hydrogens (primary N) is 1. The van der Waals surface area contributed by atoms with Crippen molar-refractivity contribution in [2.45, 2.75) is 0 Å². The summed E-state index contributed by atoms with van der Waals surface area (Å²) in [5.74, 6) is -3.77. The van der Waals surface area contributed by atoms with Crippen LogP contribution in [0.2, 0.25) is 10.0 Å². The molecule has 6 rings (SSSR count). The number of nitrogens with one attached hydrogen (secondary N) is 3. The van der Waals surface area contributed by atoms with Gasteiger partial charge in [0.25, 0.3) is 0 Å². The van der Waals surface area contributed by atoms with Crippen molar-refractivity contribution < 1.29 is 17.6 Å². The van der Waals surface area contributed by atoms with Crippen molar-refractivity contribution in [1.82, 2.24) is 19.9 Å². The second kappa shape index (κ2) is 13.4. The van der Waals surface area contributed by atoms with Crippen molar-refractivity contribution in [2.75, 3.05) is 21.7 Å². The number of benzene rings is 4. The van der Waals surface area contributed by atoms with E-state index >= 15 is 0 Å². The van der Waals surface area contributed by atoms with E-state index < -0.39 is 23.3 Å². The molecule has 48 heavy (non-hydrogen) atoms. The van der Waals surface area contributed by atoms with E-state index in [4.69, 9.17) is 28.9 Å². The van der Waals surface area contributed by atoms with Gasteiger partial charge in [-0.3, -0.25) is 0 Å². The van der Waals surface area contributed by atoms with E-state index in [0.29, 0.717) is 45.2 Å². The van der Waals surface area contributed by atoms with Crippen molar-refractivity contribution in [3.63, 3.8) is 0 Å². The lowest BCUT2D eigenvalue weighted by atomic mass is 9.98. The Morgan fingerprint density at radius 2 is 1.21 bits per heavy atom. The van der Waals surface area contributed by atoms with Gasteiger partial charge in [0.05, 0.1) is 27.1 Å². The van der Waals surface area contributed by atoms with Gasteiger partial charge in [-0.15, -0.1) is 0 Å². The number of nitrogen functional groups attached to an aromatic ring is 1. The predicted molar refractivity (Wildman–Crippen MR) is 177 cm³/mol. The van der Waals surface area contributed by atoms with E-state index in [-0.39, 0.29) is 45.6 Å². The Bertz CT molecular complexity index is 2160. The molecule has 0 saturated carbocycles. The standard InChI is InChI=1S/C33H19Cl2F4N9/c34-23-3-1-2-20(29(23)35)21-14-28(43-30(41)22(21)15-40)16-4-8-19(9-5-16)42-31-46-32(44-26-10-6-17(36)12-24(26)38)48-33(47-31)45-27-11-7-18(37)13-25(27)39/h1-14H,(H2,41,43)(H3,42,44,45,46,47,48). The summed E-state index contributed by atoms with van der Waals surface area (Å²) in [4.78, 5) is 17.1. The molecule has 0 radical (unpaired) electrons. The summed E-state index contributed by atoms with van der Waals surface area (Å²) in [7, 11) is 0. The highest BCUT2D eigenvalue weighted by molar-refractivity contribution is 6.43. The molecule has 2 heterocycles. The molecule has 0 unspecified atom stereocenters. The maximum atomic E-state index is 14.4. The predicted octanol–water partition coefficient (Wildman–Crippen LogP) is 9.15. The van der Waals surface area contributed by atoms with Gasteiger partial charge in [0.15, 0.2) is 0 Å². The van der Waals surface area contributed by atoms with Crippen molar-refractivity contribution >= 4 is 63.9 Å². The van der Waals surface area contributed by atoms with Gasteiger partial charge < -0.3 is 21.7 Å². The number of anilines is 7. The number of halogens is 6. The molecule has 0 aliphatic rings. The minimum Gasteiger partial charge on any atom is -0.383 e. The molecule has 0 atom stereocenters. The number of aromatic nitrogens is 4. The third kappa shape index (κ3) is 6.90. The van der Waals surface area contributed by atoms with E-state index in [1.54, 1.807) is 48.5 Å². The molecule has 5 N–H and O–H groups in total. The molecule has 2 aromatic heterocycles. The number of rotatable bonds is 8. The number of hydrogen-bond acceptors (Lipinski definition) is 9. The van der Waals surface area contributed by atoms with Crippen molar-refractivity contribution in [3.05, 3.63) is 124 Å². The highest BCUT2D eigenvalue weighted by Crippen LogP contribution is 2.38. The Kier molecular flexibility index (Phi) is 8.93. The molecule has 0 aliphatic carbocycles. The number of pyridine rings is 1. The molecule has 9 nitrogen and oxygen atoms in total. The molecule has 4 aromatic carbocycles. The van der Waals surface area contributed by atoms with E-state index in [1.807, 2.05) is 0 Å². The monoisotopic (exact) mass is 687 g/mol. The van der Waals surface area contributed by atoms with E-state index in [1.165, 1.54) is 0 Å². The van der Waals surface area contributed by atoms with Gasteiger partial charge in [0.1, 0.15) is 40.7 Å². The summed E-state index contributed by atoms with van der Waals surface area (Å²) in [6, 6.07) is 21.4. The summed E-state index contributed by atoms with van der Waals surface area (Å²) in [6.45, 7) is 0. The minimum absolute atomic E-state index is 0.00340. The zero-order valence-electron chi connectivity index (χ0n) is 24.2. The Balaban J connectivity index is 1.32. The topological polar surface area (TPSA) is 137 Å². The number of nitriles is 1. The maximum Gasteiger partial charge on any atom is 0.233 e. The molecular weight excluding hydrogens is 669 g/mol. The molecule has 0 saturated heterocycles. The second-order valence-electron chi connectivity index (χ2n) is 10.0. The first-order valence-electron chi connectivity index (χ1n) is 13.8. The summed E-state index contributed by atoms with van der Waals surface area (Å²) in [5.41, 5.74) is 8.57. The fourth-order valence-corrected chi connectivity index (χ4v) is 4.98. The smallest absolute Gasteiger partial charge is 0.233 e. The maximum absolute atomic E-state index is 14.4. The molecule has 0 amide bonds. The van der Waals surface area contributed by atoms with Gasteiger partial charge in [-0.1, -0.05) is 47.5 Å². The summed E-state index contributed by atoms with van der Waals surface area (Å²) in [6.07, 6.45) is 0. The van der Waals surface area contributed by atoms with Crippen LogP contribution in [0.25, 0.3) is 22.4 Å². The normalized spacial score (nSPS) is 10.8. The summed E-state index contributed by atoms with van der Waals surface area (Å²) in [5, 5.41) is 18.6. The molecule has 0 fully saturated rings. The van der Waals surface area contributed by atoms with E-state index in [9.17, 15) is 22.8 Å². The van der Waals surface area contributed by atoms with Gasteiger partial charge in [-0.2, -0.15) is 20.2 Å². The van der Waals surface area contributed by atoms with Gasteiger partial charge in [-0.25, -0.2) is 22.5 Å². The van der Waals surface area contributed by atoms with Crippen LogP contribution in [-0.2, 0) is 0 Å². The highest BCUT2D eigenvalue weighted by Gasteiger charge is 2.17. The average molecular weight is 688 g/mol. The zero-order valence-corrected chi connectivity index (χ0v) is 25.7. The fourth-order valence-electron chi connectivity index (χ4n) is 4.57. The molecule has 0 bridgehead atoms. The highest BCUT2D eigenvalue weighted by atomic mass is 35.5. The first-order valence-corrected chi connectivity index (χ1v) is 14.6. The van der Waals surface area contributed by atoms with Gasteiger partial charge in [0.2, 0.25) is 17.8 Å². The van der Waals surface area contributed by atoms with Crippen LogP contribution < -0.4 is 21.7 Å². The van der Waals surface area contributed by atoms with Crippen molar-refractivity contribution in [1.29, 1.82) is 5.26 Å². The average Bonchev–Trinajstić information content (AvgIpc) is 3.05. The number of nitrogens with zero attached hydrogens (tertiary/aromatic N) is 5. The van der Waals surface area contributed by atoms with Gasteiger partial charge in [0, 0.05) is 34.5 Å². The molecule has 0 spiro atoms. The van der Waals surface area contributed by atoms with Gasteiger partial charge in [-0.05, 0) is 48.5 Å². The molecule has 238 valence electrons. The Morgan fingerprint density at radius 3 is 1.75 bits per heavy atom. The zero-order chi connectivity index (χ0) is 33.9. The van der Waals surface area contributed by atoms with Crippen LogP contribution in [0.4, 0.5) is 58.3 Å². The van der Waals surface area contributed by atoms with Crippen LogP contribution in [0.5, 0.6) is 0 Å². The largest absolute Gasteiger partial charge is 0.383 e. The fraction of sp³-hybridized carbons (Fsp3) is 0. The van der Waals surface area contributed by atoms with Crippen LogP contribution in [0, 0.1) is 34.6 Å². The van der Waals surface area contributed by atoms with Crippen molar-refractivity contribution in [3.8, 4) is 28.5 Å². The van der Waals surface area contributed by atoms with Crippen LogP contribution in [0.3, 0.4) is 0 Å². The van der Waals surface area contributed by atoms with Crippen LogP contribution in [-0.4, -0.2) is 19.9 Å². The first-order chi connectivity index (χ1) is 23.1. The Labute approximate surface area is 280 Å². The second-order valence-corrected chi connectivity index (χ2v) is 10.8. The molecule has 0 aliphatic heterocycles. The quantitative estimate of drug-likeness (QED) is 0.115. The lowest BCUT2D eigenvalue weighted by molar-refractivity contribution is 0.585. The third-order valence-electron chi connectivity index (χ3n) is 6.83. The van der Waals surface area contributed by atoms with Gasteiger partial charge >= 0.3 is 0 Å². The van der Waals surface area contributed by atoms with Crippen LogP contribution >= 0.6 is 23.2 Å². The molecule has 6 aromatic rings. The minimum atomic E-state index is -0.905. The van der Waals surface area contributed by atoms with Crippen molar-refractivity contribution in [2.24, 2.45) is 0 Å². The Hall–Kier alpha value is -5.97. The first kappa shape index (κ1) is 32.0. The third-order valence-corrected chi connectivity index (χ3v) is 7.65.